The molecule has 24 heavy (non-hydrogen) atoms. The van der Waals surface area contributed by atoms with Gasteiger partial charge in [-0.05, 0) is 12.1 Å². The van der Waals surface area contributed by atoms with Crippen molar-refractivity contribution >= 4 is 34.0 Å². The number of benzene rings is 1. The third-order valence-electron chi connectivity index (χ3n) is 3.84. The van der Waals surface area contributed by atoms with Crippen molar-refractivity contribution in [2.24, 2.45) is 5.92 Å². The van der Waals surface area contributed by atoms with Crippen LogP contribution in [0.5, 0.6) is 11.5 Å². The van der Waals surface area contributed by atoms with Gasteiger partial charge in [-0.2, -0.15) is 0 Å². The van der Waals surface area contributed by atoms with Gasteiger partial charge >= 0.3 is 0 Å². The first-order chi connectivity index (χ1) is 11.6. The quantitative estimate of drug-likeness (QED) is 0.896. The number of carbonyl (C=O) groups excluding carboxylic acids is 2. The lowest BCUT2D eigenvalue weighted by atomic mass is 10.1. The third kappa shape index (κ3) is 3.18. The molecule has 1 unspecified atom stereocenters. The first kappa shape index (κ1) is 16.3. The van der Waals surface area contributed by atoms with Crippen LogP contribution in [-0.2, 0) is 9.59 Å². The molecule has 0 saturated carbocycles. The molecule has 0 bridgehead atoms. The van der Waals surface area contributed by atoms with Gasteiger partial charge < -0.3 is 19.7 Å². The molecule has 1 aliphatic heterocycles. The first-order valence-electron chi connectivity index (χ1n) is 7.35. The van der Waals surface area contributed by atoms with Crippen molar-refractivity contribution in [3.05, 3.63) is 29.8 Å². The molecule has 2 aromatic rings. The Labute approximate surface area is 143 Å². The van der Waals surface area contributed by atoms with E-state index in [4.69, 9.17) is 9.47 Å². The highest BCUT2D eigenvalue weighted by Gasteiger charge is 2.35. The topological polar surface area (TPSA) is 80.8 Å². The number of nitrogens with zero attached hydrogens (tertiary/aromatic N) is 2. The molecule has 0 aliphatic carbocycles. The molecule has 1 fully saturated rings. The maximum absolute atomic E-state index is 12.3. The number of aromatic nitrogens is 1. The lowest BCUT2D eigenvalue weighted by Crippen LogP contribution is -2.28. The number of carbonyl (C=O) groups is 2. The van der Waals surface area contributed by atoms with Crippen molar-refractivity contribution in [2.75, 3.05) is 31.0 Å². The zero-order chi connectivity index (χ0) is 17.1. The van der Waals surface area contributed by atoms with E-state index in [0.717, 1.165) is 0 Å². The fourth-order valence-electron chi connectivity index (χ4n) is 2.62. The average molecular weight is 347 g/mol. The largest absolute Gasteiger partial charge is 0.493 e. The Morgan fingerprint density at radius 1 is 1.33 bits per heavy atom. The summed E-state index contributed by atoms with van der Waals surface area (Å²) in [6.45, 7) is 0.325. The molecule has 2 amide bonds. The van der Waals surface area contributed by atoms with Crippen molar-refractivity contribution in [3.63, 3.8) is 0 Å². The van der Waals surface area contributed by atoms with Gasteiger partial charge in [-0.1, -0.05) is 0 Å². The molecule has 126 valence electrons. The Morgan fingerprint density at radius 3 is 2.79 bits per heavy atom. The number of nitrogens with one attached hydrogen (secondary N) is 1. The van der Waals surface area contributed by atoms with E-state index in [9.17, 15) is 9.59 Å². The van der Waals surface area contributed by atoms with Crippen LogP contribution in [-0.4, -0.2) is 37.6 Å². The van der Waals surface area contributed by atoms with Crippen LogP contribution in [0.15, 0.2) is 29.8 Å². The summed E-state index contributed by atoms with van der Waals surface area (Å²) in [5, 5.41) is 5.06. The van der Waals surface area contributed by atoms with Gasteiger partial charge in [-0.3, -0.25) is 9.59 Å². The number of amides is 2. The summed E-state index contributed by atoms with van der Waals surface area (Å²) in [5.41, 5.74) is 0.683. The monoisotopic (exact) mass is 347 g/mol. The van der Waals surface area contributed by atoms with E-state index in [1.54, 1.807) is 41.8 Å². The summed E-state index contributed by atoms with van der Waals surface area (Å²) < 4.78 is 10.5. The normalized spacial score (nSPS) is 17.0. The average Bonchev–Trinajstić information content (AvgIpc) is 3.23. The van der Waals surface area contributed by atoms with E-state index in [-0.39, 0.29) is 18.2 Å². The summed E-state index contributed by atoms with van der Waals surface area (Å²) in [5.74, 6) is 0.432. The van der Waals surface area contributed by atoms with Gasteiger partial charge in [-0.15, -0.1) is 11.3 Å². The van der Waals surface area contributed by atoms with Crippen molar-refractivity contribution < 1.29 is 19.1 Å². The van der Waals surface area contributed by atoms with Crippen LogP contribution in [0, 0.1) is 5.92 Å². The second-order valence-corrected chi connectivity index (χ2v) is 6.17. The van der Waals surface area contributed by atoms with E-state index in [2.05, 4.69) is 10.3 Å². The van der Waals surface area contributed by atoms with Gasteiger partial charge in [-0.25, -0.2) is 4.98 Å². The molecule has 1 aromatic heterocycles. The number of hydrogen-bond donors (Lipinski definition) is 1. The predicted octanol–water partition coefficient (Wildman–Crippen LogP) is 2.15. The van der Waals surface area contributed by atoms with Crippen LogP contribution in [0.4, 0.5) is 10.8 Å². The molecular formula is C16H17N3O4S. The van der Waals surface area contributed by atoms with Crippen LogP contribution in [0.25, 0.3) is 0 Å². The third-order valence-corrected chi connectivity index (χ3v) is 4.53. The minimum atomic E-state index is -0.408. The van der Waals surface area contributed by atoms with E-state index in [1.165, 1.54) is 18.4 Å². The second kappa shape index (κ2) is 6.88. The Hall–Kier alpha value is -2.61. The SMILES string of the molecule is COc1ccc(N2CC(C(=O)Nc3nccs3)CC2=O)cc1OC. The van der Waals surface area contributed by atoms with E-state index >= 15 is 0 Å². The molecule has 1 atom stereocenters. The lowest BCUT2D eigenvalue weighted by Gasteiger charge is -2.18. The Morgan fingerprint density at radius 2 is 2.12 bits per heavy atom. The lowest BCUT2D eigenvalue weighted by molar-refractivity contribution is -0.122. The number of rotatable bonds is 5. The standard InChI is InChI=1S/C16H17N3O4S/c1-22-12-4-3-11(8-13(12)23-2)19-9-10(7-14(19)20)15(21)18-16-17-5-6-24-16/h3-6,8,10H,7,9H2,1-2H3,(H,17,18,21). The van der Waals surface area contributed by atoms with Gasteiger partial charge in [0.2, 0.25) is 11.8 Å². The highest BCUT2D eigenvalue weighted by Crippen LogP contribution is 2.34. The zero-order valence-electron chi connectivity index (χ0n) is 13.3. The Balaban J connectivity index is 1.74. The molecule has 1 aromatic carbocycles. The van der Waals surface area contributed by atoms with Crippen LogP contribution >= 0.6 is 11.3 Å². The zero-order valence-corrected chi connectivity index (χ0v) is 14.1. The highest BCUT2D eigenvalue weighted by molar-refractivity contribution is 7.13. The van der Waals surface area contributed by atoms with Crippen molar-refractivity contribution in [2.45, 2.75) is 6.42 Å². The number of thiazole rings is 1. The first-order valence-corrected chi connectivity index (χ1v) is 8.23. The van der Waals surface area contributed by atoms with Gasteiger partial charge in [0, 0.05) is 36.3 Å². The van der Waals surface area contributed by atoms with Gasteiger partial charge in [0.1, 0.15) is 0 Å². The molecule has 2 heterocycles. The van der Waals surface area contributed by atoms with Crippen molar-refractivity contribution in [1.29, 1.82) is 0 Å². The maximum Gasteiger partial charge on any atom is 0.231 e. The summed E-state index contributed by atoms with van der Waals surface area (Å²) >= 11 is 1.35. The number of ether oxygens (including phenoxy) is 2. The number of anilines is 2. The molecular weight excluding hydrogens is 330 g/mol. The molecule has 1 aliphatic rings. The van der Waals surface area contributed by atoms with Crippen LogP contribution in [0.3, 0.4) is 0 Å². The summed E-state index contributed by atoms with van der Waals surface area (Å²) in [4.78, 5) is 30.2. The molecule has 1 saturated heterocycles. The minimum absolute atomic E-state index is 0.0958. The molecule has 8 heteroatoms. The summed E-state index contributed by atoms with van der Waals surface area (Å²) in [6, 6.07) is 5.25. The predicted molar refractivity (Wildman–Crippen MR) is 90.7 cm³/mol. The van der Waals surface area contributed by atoms with Crippen molar-refractivity contribution in [1.82, 2.24) is 4.98 Å². The Kier molecular flexibility index (Phi) is 4.66. The van der Waals surface area contributed by atoms with Crippen LogP contribution in [0.1, 0.15) is 6.42 Å². The smallest absolute Gasteiger partial charge is 0.231 e. The molecule has 0 radical (unpaired) electrons. The van der Waals surface area contributed by atoms with Crippen molar-refractivity contribution in [3.8, 4) is 11.5 Å². The second-order valence-electron chi connectivity index (χ2n) is 5.27. The van der Waals surface area contributed by atoms with E-state index < -0.39 is 5.92 Å². The molecule has 3 rings (SSSR count). The fraction of sp³-hybridized carbons (Fsp3) is 0.312. The molecule has 0 spiro atoms. The number of methoxy groups -OCH3 is 2. The number of hydrogen-bond acceptors (Lipinski definition) is 6. The van der Waals surface area contributed by atoms with Gasteiger partial charge in [0.15, 0.2) is 16.6 Å². The maximum atomic E-state index is 12.3. The molecule has 7 nitrogen and oxygen atoms in total. The fourth-order valence-corrected chi connectivity index (χ4v) is 3.15. The van der Waals surface area contributed by atoms with Crippen LogP contribution in [0.2, 0.25) is 0 Å². The van der Waals surface area contributed by atoms with E-state index in [1.807, 2.05) is 0 Å². The van der Waals surface area contributed by atoms with Crippen LogP contribution < -0.4 is 19.7 Å². The van der Waals surface area contributed by atoms with Gasteiger partial charge in [0.25, 0.3) is 0 Å². The summed E-state index contributed by atoms with van der Waals surface area (Å²) in [7, 11) is 3.09. The summed E-state index contributed by atoms with van der Waals surface area (Å²) in [6.07, 6.45) is 1.79. The van der Waals surface area contributed by atoms with E-state index in [0.29, 0.717) is 28.9 Å². The van der Waals surface area contributed by atoms with Gasteiger partial charge in [0.05, 0.1) is 20.1 Å². The minimum Gasteiger partial charge on any atom is -0.493 e. The highest BCUT2D eigenvalue weighted by atomic mass is 32.1. The molecule has 1 N–H and O–H groups in total. The Bertz CT molecular complexity index is 748.